The monoisotopic (exact) mass is 633 g/mol. The van der Waals surface area contributed by atoms with Crippen LogP contribution < -0.4 is 15.5 Å². The lowest BCUT2D eigenvalue weighted by molar-refractivity contribution is -0.128. The zero-order valence-corrected chi connectivity index (χ0v) is 26.8. The fraction of sp³-hybridized carbons (Fsp3) is 0.531. The first kappa shape index (κ1) is 31.5. The maximum absolute atomic E-state index is 13.9. The highest BCUT2D eigenvalue weighted by molar-refractivity contribution is 6.36. The largest absolute Gasteiger partial charge is 0.359 e. The molecule has 0 atom stereocenters. The van der Waals surface area contributed by atoms with Crippen LogP contribution >= 0.6 is 23.2 Å². The lowest BCUT2D eigenvalue weighted by Crippen LogP contribution is -2.57. The van der Waals surface area contributed by atoms with Gasteiger partial charge in [0.2, 0.25) is 5.91 Å². The molecule has 1 saturated heterocycles. The predicted octanol–water partition coefficient (Wildman–Crippen LogP) is 6.90. The minimum atomic E-state index is -2.79. The molecule has 7 nitrogen and oxygen atoms in total. The lowest BCUT2D eigenvalue weighted by atomic mass is 9.87. The third-order valence-corrected chi connectivity index (χ3v) is 9.42. The number of anilines is 1. The molecule has 2 N–H and O–H groups in total. The van der Waals surface area contributed by atoms with Gasteiger partial charge in [-0.15, -0.1) is 0 Å². The van der Waals surface area contributed by atoms with Gasteiger partial charge in [-0.05, 0) is 60.9 Å². The van der Waals surface area contributed by atoms with Crippen LogP contribution in [0, 0.1) is 11.3 Å². The number of hydrogen-bond acceptors (Lipinski definition) is 4. The van der Waals surface area contributed by atoms with Crippen LogP contribution in [0.15, 0.2) is 24.3 Å². The summed E-state index contributed by atoms with van der Waals surface area (Å²) in [4.78, 5) is 32.3. The molecule has 1 aliphatic carbocycles. The molecule has 2 heterocycles. The van der Waals surface area contributed by atoms with Gasteiger partial charge in [0.15, 0.2) is 0 Å². The van der Waals surface area contributed by atoms with E-state index in [0.29, 0.717) is 56.1 Å². The summed E-state index contributed by atoms with van der Waals surface area (Å²) in [5.74, 6) is -1.86. The van der Waals surface area contributed by atoms with Gasteiger partial charge < -0.3 is 20.1 Å². The number of aryl methyl sites for hydroxylation is 1. The number of benzene rings is 2. The summed E-state index contributed by atoms with van der Waals surface area (Å²) in [5.41, 5.74) is 2.97. The Morgan fingerprint density at radius 3 is 2.40 bits per heavy atom. The summed E-state index contributed by atoms with van der Waals surface area (Å²) in [6, 6.07) is 7.09. The molecule has 3 aromatic rings. The summed E-state index contributed by atoms with van der Waals surface area (Å²) in [5, 5.41) is 6.97. The van der Waals surface area contributed by atoms with Gasteiger partial charge in [0.1, 0.15) is 5.82 Å². The number of carbonyl (C=O) groups excluding carboxylic acids is 2. The number of halogens is 4. The van der Waals surface area contributed by atoms with E-state index in [4.69, 9.17) is 28.2 Å². The first-order valence-corrected chi connectivity index (χ1v) is 15.6. The number of imidazole rings is 1. The Bertz CT molecular complexity index is 1550. The number of amides is 2. The third-order valence-electron chi connectivity index (χ3n) is 8.59. The van der Waals surface area contributed by atoms with Gasteiger partial charge in [0.25, 0.3) is 11.8 Å². The number of alkyl halides is 2. The predicted molar refractivity (Wildman–Crippen MR) is 167 cm³/mol. The first-order chi connectivity index (χ1) is 20.1. The quantitative estimate of drug-likeness (QED) is 0.297. The van der Waals surface area contributed by atoms with E-state index >= 15 is 0 Å². The fourth-order valence-electron chi connectivity index (χ4n) is 5.77. The molecule has 2 aliphatic rings. The molecule has 0 unspecified atom stereocenters. The van der Waals surface area contributed by atoms with Crippen LogP contribution in [-0.4, -0.2) is 46.4 Å². The number of carbonyl (C=O) groups is 2. The van der Waals surface area contributed by atoms with Gasteiger partial charge in [-0.3, -0.25) is 9.59 Å². The van der Waals surface area contributed by atoms with Gasteiger partial charge in [0, 0.05) is 36.5 Å². The average Bonchev–Trinajstić information content (AvgIpc) is 3.23. The van der Waals surface area contributed by atoms with Crippen molar-refractivity contribution in [3.63, 3.8) is 0 Å². The molecular formula is C32H39Cl2F2N5O2. The van der Waals surface area contributed by atoms with Crippen molar-refractivity contribution in [3.05, 3.63) is 56.8 Å². The first-order valence-electron chi connectivity index (χ1n) is 14.8. The second-order valence-corrected chi connectivity index (χ2v) is 14.0. The van der Waals surface area contributed by atoms with Crippen LogP contribution in [0.3, 0.4) is 0 Å². The van der Waals surface area contributed by atoms with Crippen molar-refractivity contribution >= 4 is 51.7 Å². The topological polar surface area (TPSA) is 79.3 Å². The van der Waals surface area contributed by atoms with Crippen molar-refractivity contribution in [2.75, 3.05) is 18.0 Å². The number of hydrogen-bond donors (Lipinski definition) is 2. The fourth-order valence-corrected chi connectivity index (χ4v) is 6.34. The van der Waals surface area contributed by atoms with Crippen molar-refractivity contribution in [1.82, 2.24) is 20.2 Å². The number of nitrogens with one attached hydrogen (secondary N) is 2. The summed E-state index contributed by atoms with van der Waals surface area (Å²) in [7, 11) is 1.84. The van der Waals surface area contributed by atoms with E-state index in [2.05, 4.69) is 17.6 Å². The standard InChI is InChI=1S/C32H39Cl2F2N5O2/c1-18-6-9-20(10-7-18)38-29(42)22-12-24-26(14-25(22)41-16-32(35,36)17-41)40(5)27(39-24)13-21-23(33)11-8-19(28(21)34)15-37-30(43)31(2,3)4/h8,11-12,14,18,20H,6-7,9-10,13,15-17H2,1-5H3,(H,37,43)(H,38,42). The van der Waals surface area contributed by atoms with E-state index in [1.807, 2.05) is 32.4 Å². The molecule has 43 heavy (non-hydrogen) atoms. The van der Waals surface area contributed by atoms with Gasteiger partial charge in [-0.1, -0.05) is 57.0 Å². The van der Waals surface area contributed by atoms with Crippen LogP contribution in [0.25, 0.3) is 11.0 Å². The van der Waals surface area contributed by atoms with Crippen LogP contribution in [-0.2, 0) is 24.8 Å². The van der Waals surface area contributed by atoms with E-state index in [1.54, 1.807) is 29.2 Å². The highest BCUT2D eigenvalue weighted by Crippen LogP contribution is 2.37. The van der Waals surface area contributed by atoms with E-state index in [-0.39, 0.29) is 24.4 Å². The second-order valence-electron chi connectivity index (χ2n) is 13.2. The van der Waals surface area contributed by atoms with E-state index in [1.165, 1.54) is 0 Å². The third kappa shape index (κ3) is 6.78. The number of nitrogens with zero attached hydrogens (tertiary/aromatic N) is 3. The number of fused-ring (bicyclic) bond motifs is 1. The molecule has 1 saturated carbocycles. The van der Waals surface area contributed by atoms with Gasteiger partial charge in [-0.2, -0.15) is 0 Å². The summed E-state index contributed by atoms with van der Waals surface area (Å²) < 4.78 is 29.7. The van der Waals surface area contributed by atoms with Crippen molar-refractivity contribution in [1.29, 1.82) is 0 Å². The summed E-state index contributed by atoms with van der Waals surface area (Å²) >= 11 is 13.4. The van der Waals surface area contributed by atoms with Crippen LogP contribution in [0.2, 0.25) is 10.0 Å². The molecule has 2 fully saturated rings. The Morgan fingerprint density at radius 2 is 1.77 bits per heavy atom. The number of aromatic nitrogens is 2. The molecule has 1 aromatic heterocycles. The van der Waals surface area contributed by atoms with Crippen molar-refractivity contribution in [2.45, 2.75) is 78.3 Å². The van der Waals surface area contributed by atoms with Gasteiger partial charge in [0.05, 0.1) is 40.4 Å². The minimum Gasteiger partial charge on any atom is -0.359 e. The maximum atomic E-state index is 13.9. The Morgan fingerprint density at radius 1 is 1.09 bits per heavy atom. The van der Waals surface area contributed by atoms with Crippen molar-refractivity contribution in [2.24, 2.45) is 18.4 Å². The normalized spacial score (nSPS) is 20.2. The van der Waals surface area contributed by atoms with E-state index < -0.39 is 24.4 Å². The summed E-state index contributed by atoms with van der Waals surface area (Å²) in [6.45, 7) is 7.12. The second kappa shape index (κ2) is 11.9. The van der Waals surface area contributed by atoms with E-state index in [0.717, 1.165) is 31.2 Å². The highest BCUT2D eigenvalue weighted by Gasteiger charge is 2.45. The Labute approximate surface area is 261 Å². The molecule has 1 aliphatic heterocycles. The van der Waals surface area contributed by atoms with E-state index in [9.17, 15) is 18.4 Å². The summed E-state index contributed by atoms with van der Waals surface area (Å²) in [6.07, 6.45) is 4.20. The molecule has 2 amide bonds. The maximum Gasteiger partial charge on any atom is 0.282 e. The molecule has 232 valence electrons. The van der Waals surface area contributed by atoms with Crippen molar-refractivity contribution in [3.8, 4) is 0 Å². The highest BCUT2D eigenvalue weighted by atomic mass is 35.5. The molecule has 5 rings (SSSR count). The molecule has 0 bridgehead atoms. The van der Waals surface area contributed by atoms with Gasteiger partial charge in [-0.25, -0.2) is 13.8 Å². The number of rotatable bonds is 7. The smallest absolute Gasteiger partial charge is 0.282 e. The molecular weight excluding hydrogens is 595 g/mol. The zero-order chi connectivity index (χ0) is 31.3. The van der Waals surface area contributed by atoms with Crippen LogP contribution in [0.4, 0.5) is 14.5 Å². The van der Waals surface area contributed by atoms with Crippen LogP contribution in [0.5, 0.6) is 0 Å². The van der Waals surface area contributed by atoms with Gasteiger partial charge >= 0.3 is 0 Å². The van der Waals surface area contributed by atoms with Crippen LogP contribution in [0.1, 0.15) is 80.7 Å². The molecule has 2 aromatic carbocycles. The zero-order valence-electron chi connectivity index (χ0n) is 25.3. The molecule has 11 heteroatoms. The molecule has 0 radical (unpaired) electrons. The Hall–Kier alpha value is -2.91. The Kier molecular flexibility index (Phi) is 8.71. The SMILES string of the molecule is CC1CCC(NC(=O)c2cc3nc(Cc4c(Cl)ccc(CNC(=O)C(C)(C)C)c4Cl)n(C)c3cc2N2CC(F)(F)C2)CC1. The minimum absolute atomic E-state index is 0.0640. The Balaban J connectivity index is 1.45. The lowest BCUT2D eigenvalue weighted by Gasteiger charge is -2.41. The van der Waals surface area contributed by atoms with Crippen molar-refractivity contribution < 1.29 is 18.4 Å². The average molecular weight is 635 g/mol. The molecule has 0 spiro atoms.